The molecular weight excluding hydrogens is 233 g/mol. The van der Waals surface area contributed by atoms with Crippen LogP contribution in [0.1, 0.15) is 19.4 Å². The van der Waals surface area contributed by atoms with Crippen LogP contribution in [0.25, 0.3) is 10.9 Å². The number of hydrogen-bond donors (Lipinski definition) is 1. The number of hydrogen-bond acceptors (Lipinski definition) is 2. The van der Waals surface area contributed by atoms with Gasteiger partial charge < -0.3 is 9.72 Å². The number of aromatic amines is 1. The highest BCUT2D eigenvalue weighted by Gasteiger charge is 2.16. The third kappa shape index (κ3) is 2.53. The number of carbonyl (C=O) groups is 1. The van der Waals surface area contributed by atoms with Gasteiger partial charge in [-0.2, -0.15) is 0 Å². The fourth-order valence-electron chi connectivity index (χ4n) is 2.02. The van der Waals surface area contributed by atoms with Gasteiger partial charge in [0.25, 0.3) is 0 Å². The van der Waals surface area contributed by atoms with E-state index in [1.54, 1.807) is 13.0 Å². The fraction of sp³-hybridized carbons (Fsp3) is 0.357. The summed E-state index contributed by atoms with van der Waals surface area (Å²) in [7, 11) is 0. The first-order valence-corrected chi connectivity index (χ1v) is 6.04. The van der Waals surface area contributed by atoms with Crippen molar-refractivity contribution in [3.63, 3.8) is 0 Å². The van der Waals surface area contributed by atoms with Crippen molar-refractivity contribution >= 4 is 16.9 Å². The number of H-pyrrole nitrogens is 1. The average Bonchev–Trinajstić information content (AvgIpc) is 2.72. The molecule has 0 saturated carbocycles. The van der Waals surface area contributed by atoms with Crippen LogP contribution in [-0.4, -0.2) is 17.6 Å². The molecule has 0 radical (unpaired) electrons. The zero-order valence-corrected chi connectivity index (χ0v) is 10.5. The van der Waals surface area contributed by atoms with Gasteiger partial charge in [0.15, 0.2) is 0 Å². The topological polar surface area (TPSA) is 42.1 Å². The number of carbonyl (C=O) groups excluding carboxylic acids is 1. The van der Waals surface area contributed by atoms with Gasteiger partial charge in [-0.05, 0) is 37.1 Å². The van der Waals surface area contributed by atoms with Crippen molar-refractivity contribution in [1.29, 1.82) is 0 Å². The Bertz CT molecular complexity index is 562. The van der Waals surface area contributed by atoms with Crippen LogP contribution in [0.4, 0.5) is 4.39 Å². The zero-order chi connectivity index (χ0) is 13.1. The van der Waals surface area contributed by atoms with E-state index in [4.69, 9.17) is 4.74 Å². The third-order valence-electron chi connectivity index (χ3n) is 2.94. The summed E-state index contributed by atoms with van der Waals surface area (Å²) in [5.41, 5.74) is 1.81. The molecule has 1 atom stereocenters. The SMILES string of the molecule is CCOC(=O)C(C)Cc1c[nH]c2ccc(F)cc12. The predicted molar refractivity (Wildman–Crippen MR) is 67.8 cm³/mol. The minimum atomic E-state index is -0.271. The van der Waals surface area contributed by atoms with Crippen molar-refractivity contribution in [2.24, 2.45) is 5.92 Å². The Balaban J connectivity index is 2.21. The summed E-state index contributed by atoms with van der Waals surface area (Å²) in [5, 5.41) is 0.825. The first-order chi connectivity index (χ1) is 8.61. The van der Waals surface area contributed by atoms with Gasteiger partial charge in [0.05, 0.1) is 12.5 Å². The van der Waals surface area contributed by atoms with Crippen LogP contribution in [0.2, 0.25) is 0 Å². The summed E-state index contributed by atoms with van der Waals surface area (Å²) >= 11 is 0. The molecule has 2 rings (SSSR count). The largest absolute Gasteiger partial charge is 0.466 e. The lowest BCUT2D eigenvalue weighted by atomic mass is 10.0. The normalized spacial score (nSPS) is 12.6. The number of rotatable bonds is 4. The molecular formula is C14H16FNO2. The molecule has 2 aromatic rings. The second kappa shape index (κ2) is 5.21. The Labute approximate surface area is 105 Å². The smallest absolute Gasteiger partial charge is 0.308 e. The molecule has 1 aromatic heterocycles. The van der Waals surface area contributed by atoms with Crippen molar-refractivity contribution in [3.8, 4) is 0 Å². The predicted octanol–water partition coefficient (Wildman–Crippen LogP) is 3.05. The molecule has 1 aromatic carbocycles. The van der Waals surface area contributed by atoms with E-state index in [1.807, 2.05) is 13.1 Å². The lowest BCUT2D eigenvalue weighted by molar-refractivity contribution is -0.147. The lowest BCUT2D eigenvalue weighted by Gasteiger charge is -2.09. The number of aromatic nitrogens is 1. The van der Waals surface area contributed by atoms with Gasteiger partial charge in [-0.25, -0.2) is 4.39 Å². The van der Waals surface area contributed by atoms with Gasteiger partial charge in [-0.15, -0.1) is 0 Å². The maximum absolute atomic E-state index is 13.2. The number of benzene rings is 1. The lowest BCUT2D eigenvalue weighted by Crippen LogP contribution is -2.16. The van der Waals surface area contributed by atoms with Crippen LogP contribution >= 0.6 is 0 Å². The molecule has 0 bridgehead atoms. The third-order valence-corrected chi connectivity index (χ3v) is 2.94. The highest BCUT2D eigenvalue weighted by atomic mass is 19.1. The van der Waals surface area contributed by atoms with Crippen molar-refractivity contribution in [2.45, 2.75) is 20.3 Å². The van der Waals surface area contributed by atoms with E-state index >= 15 is 0 Å². The van der Waals surface area contributed by atoms with Gasteiger partial charge in [0.2, 0.25) is 0 Å². The number of nitrogens with one attached hydrogen (secondary N) is 1. The van der Waals surface area contributed by atoms with E-state index < -0.39 is 0 Å². The molecule has 96 valence electrons. The van der Waals surface area contributed by atoms with E-state index in [0.29, 0.717) is 13.0 Å². The quantitative estimate of drug-likeness (QED) is 0.846. The summed E-state index contributed by atoms with van der Waals surface area (Å²) in [4.78, 5) is 14.6. The minimum absolute atomic E-state index is 0.219. The Morgan fingerprint density at radius 1 is 1.50 bits per heavy atom. The van der Waals surface area contributed by atoms with Crippen LogP contribution in [0.5, 0.6) is 0 Å². The van der Waals surface area contributed by atoms with Crippen LogP contribution < -0.4 is 0 Å². The van der Waals surface area contributed by atoms with Crippen molar-refractivity contribution in [3.05, 3.63) is 35.8 Å². The molecule has 3 nitrogen and oxygen atoms in total. The Kier molecular flexibility index (Phi) is 3.65. The molecule has 0 aliphatic rings. The first kappa shape index (κ1) is 12.6. The highest BCUT2D eigenvalue weighted by molar-refractivity contribution is 5.84. The average molecular weight is 249 g/mol. The minimum Gasteiger partial charge on any atom is -0.466 e. The Morgan fingerprint density at radius 3 is 3.00 bits per heavy atom. The number of fused-ring (bicyclic) bond motifs is 1. The van der Waals surface area contributed by atoms with E-state index in [0.717, 1.165) is 16.5 Å². The summed E-state index contributed by atoms with van der Waals surface area (Å²) in [5.74, 6) is -0.720. The fourth-order valence-corrected chi connectivity index (χ4v) is 2.02. The maximum atomic E-state index is 13.2. The van der Waals surface area contributed by atoms with Crippen LogP contribution in [-0.2, 0) is 16.0 Å². The molecule has 0 spiro atoms. The molecule has 1 unspecified atom stereocenters. The van der Waals surface area contributed by atoms with Crippen molar-refractivity contribution < 1.29 is 13.9 Å². The summed E-state index contributed by atoms with van der Waals surface area (Å²) in [6.45, 7) is 3.98. The molecule has 1 heterocycles. The zero-order valence-electron chi connectivity index (χ0n) is 10.5. The molecule has 4 heteroatoms. The maximum Gasteiger partial charge on any atom is 0.308 e. The van der Waals surface area contributed by atoms with Crippen LogP contribution in [0.15, 0.2) is 24.4 Å². The van der Waals surface area contributed by atoms with Crippen LogP contribution in [0, 0.1) is 11.7 Å². The van der Waals surface area contributed by atoms with Gasteiger partial charge >= 0.3 is 5.97 Å². The Morgan fingerprint density at radius 2 is 2.28 bits per heavy atom. The molecule has 18 heavy (non-hydrogen) atoms. The second-order valence-electron chi connectivity index (χ2n) is 4.36. The van der Waals surface area contributed by atoms with Gasteiger partial charge in [0.1, 0.15) is 5.82 Å². The van der Waals surface area contributed by atoms with E-state index in [2.05, 4.69) is 4.98 Å². The molecule has 1 N–H and O–H groups in total. The number of esters is 1. The van der Waals surface area contributed by atoms with Gasteiger partial charge in [-0.1, -0.05) is 6.92 Å². The summed E-state index contributed by atoms with van der Waals surface area (Å²) in [6, 6.07) is 4.60. The standard InChI is InChI=1S/C14H16FNO2/c1-3-18-14(17)9(2)6-10-8-16-13-5-4-11(15)7-12(10)13/h4-5,7-9,16H,3,6H2,1-2H3. The molecule has 0 fully saturated rings. The highest BCUT2D eigenvalue weighted by Crippen LogP contribution is 2.22. The second-order valence-corrected chi connectivity index (χ2v) is 4.36. The van der Waals surface area contributed by atoms with E-state index in [1.165, 1.54) is 12.1 Å². The van der Waals surface area contributed by atoms with Crippen molar-refractivity contribution in [1.82, 2.24) is 4.98 Å². The Hall–Kier alpha value is -1.84. The molecule has 0 amide bonds. The molecule has 0 saturated heterocycles. The summed E-state index contributed by atoms with van der Waals surface area (Å²) < 4.78 is 18.2. The first-order valence-electron chi connectivity index (χ1n) is 6.04. The van der Waals surface area contributed by atoms with Gasteiger partial charge in [-0.3, -0.25) is 4.79 Å². The van der Waals surface area contributed by atoms with Crippen LogP contribution in [0.3, 0.4) is 0 Å². The number of ether oxygens (including phenoxy) is 1. The monoisotopic (exact) mass is 249 g/mol. The molecule has 0 aliphatic carbocycles. The number of halogens is 1. The molecule has 0 aliphatic heterocycles. The van der Waals surface area contributed by atoms with E-state index in [9.17, 15) is 9.18 Å². The van der Waals surface area contributed by atoms with Gasteiger partial charge in [0, 0.05) is 17.1 Å². The van der Waals surface area contributed by atoms with Crippen molar-refractivity contribution in [2.75, 3.05) is 6.61 Å². The summed E-state index contributed by atoms with van der Waals surface area (Å²) in [6.07, 6.45) is 2.36. The van der Waals surface area contributed by atoms with E-state index in [-0.39, 0.29) is 17.7 Å².